The zero-order valence-corrected chi connectivity index (χ0v) is 12.3. The molecule has 2 saturated heterocycles. The maximum Gasteiger partial charge on any atom is 0.244 e. The van der Waals surface area contributed by atoms with Crippen LogP contribution in [0.1, 0.15) is 31.5 Å². The Kier molecular flexibility index (Phi) is 4.52. The van der Waals surface area contributed by atoms with E-state index in [9.17, 15) is 0 Å². The van der Waals surface area contributed by atoms with Gasteiger partial charge in [0.15, 0.2) is 0 Å². The number of hydrogen-bond donors (Lipinski definition) is 2. The Balaban J connectivity index is 1.57. The number of hydrogen-bond acceptors (Lipinski definition) is 5. The molecule has 0 aliphatic carbocycles. The average molecular weight is 279 g/mol. The lowest BCUT2D eigenvalue weighted by Gasteiger charge is -2.31. The molecule has 2 unspecified atom stereocenters. The van der Waals surface area contributed by atoms with Crippen LogP contribution in [0.25, 0.3) is 0 Å². The highest BCUT2D eigenvalue weighted by molar-refractivity contribution is 5.29. The van der Waals surface area contributed by atoms with E-state index in [1.54, 1.807) is 0 Å². The molecule has 3 rings (SSSR count). The fourth-order valence-electron chi connectivity index (χ4n) is 3.24. The molecule has 2 N–H and O–H groups in total. The summed E-state index contributed by atoms with van der Waals surface area (Å²) < 4.78 is 5.65. The first-order valence-electron chi connectivity index (χ1n) is 7.77. The molecule has 2 aliphatic rings. The summed E-state index contributed by atoms with van der Waals surface area (Å²) in [5.74, 6) is 2.52. The molecule has 0 saturated carbocycles. The van der Waals surface area contributed by atoms with Crippen LogP contribution >= 0.6 is 0 Å². The minimum absolute atomic E-state index is 0.328. The summed E-state index contributed by atoms with van der Waals surface area (Å²) in [5, 5.41) is 10.7. The fraction of sp³-hybridized carbons (Fsp3) is 0.857. The fourth-order valence-corrected chi connectivity index (χ4v) is 3.24. The topological polar surface area (TPSA) is 66.1 Å². The number of anilines is 1. The minimum atomic E-state index is 0.328. The SMILES string of the molecule is CNCC1CCCN(c2n[nH]c(CC3CCCO3)n2)C1. The Bertz CT molecular complexity index is 413. The van der Waals surface area contributed by atoms with Gasteiger partial charge in [0.25, 0.3) is 0 Å². The monoisotopic (exact) mass is 279 g/mol. The van der Waals surface area contributed by atoms with Crippen molar-refractivity contribution in [1.29, 1.82) is 0 Å². The maximum absolute atomic E-state index is 5.65. The van der Waals surface area contributed by atoms with E-state index >= 15 is 0 Å². The highest BCUT2D eigenvalue weighted by Crippen LogP contribution is 2.21. The number of nitrogens with zero attached hydrogens (tertiary/aromatic N) is 3. The summed E-state index contributed by atoms with van der Waals surface area (Å²) in [6.07, 6.45) is 6.02. The van der Waals surface area contributed by atoms with Crippen molar-refractivity contribution in [3.05, 3.63) is 5.82 Å². The van der Waals surface area contributed by atoms with E-state index in [0.29, 0.717) is 12.0 Å². The summed E-state index contributed by atoms with van der Waals surface area (Å²) in [6, 6.07) is 0. The van der Waals surface area contributed by atoms with Crippen LogP contribution in [0.2, 0.25) is 0 Å². The van der Waals surface area contributed by atoms with Crippen LogP contribution in [0.3, 0.4) is 0 Å². The molecule has 1 aromatic heterocycles. The third-order valence-corrected chi connectivity index (χ3v) is 4.26. The van der Waals surface area contributed by atoms with Gasteiger partial charge in [0.1, 0.15) is 5.82 Å². The van der Waals surface area contributed by atoms with E-state index in [1.165, 1.54) is 19.3 Å². The van der Waals surface area contributed by atoms with Gasteiger partial charge in [-0.05, 0) is 45.2 Å². The Morgan fingerprint density at radius 2 is 2.35 bits per heavy atom. The second-order valence-corrected chi connectivity index (χ2v) is 5.93. The molecule has 2 fully saturated rings. The Labute approximate surface area is 120 Å². The average Bonchev–Trinajstić information content (AvgIpc) is 3.12. The maximum atomic E-state index is 5.65. The van der Waals surface area contributed by atoms with Gasteiger partial charge in [-0.15, -0.1) is 5.10 Å². The molecule has 0 radical (unpaired) electrons. The Morgan fingerprint density at radius 1 is 1.40 bits per heavy atom. The first-order chi connectivity index (χ1) is 9.85. The third-order valence-electron chi connectivity index (χ3n) is 4.26. The van der Waals surface area contributed by atoms with Crippen LogP contribution in [0.4, 0.5) is 5.95 Å². The van der Waals surface area contributed by atoms with Crippen molar-refractivity contribution in [3.8, 4) is 0 Å². The molecule has 0 amide bonds. The van der Waals surface area contributed by atoms with Crippen molar-refractivity contribution >= 4 is 5.95 Å². The zero-order chi connectivity index (χ0) is 13.8. The Hall–Kier alpha value is -1.14. The van der Waals surface area contributed by atoms with Crippen LogP contribution in [0.15, 0.2) is 0 Å². The normalized spacial score (nSPS) is 27.1. The van der Waals surface area contributed by atoms with E-state index in [-0.39, 0.29) is 0 Å². The van der Waals surface area contributed by atoms with Crippen molar-refractivity contribution in [2.24, 2.45) is 5.92 Å². The number of aromatic amines is 1. The number of nitrogens with one attached hydrogen (secondary N) is 2. The molecule has 6 nitrogen and oxygen atoms in total. The molecule has 0 aromatic carbocycles. The molecule has 3 heterocycles. The van der Waals surface area contributed by atoms with Gasteiger partial charge in [-0.2, -0.15) is 4.98 Å². The molecular weight excluding hydrogens is 254 g/mol. The second kappa shape index (κ2) is 6.54. The number of H-pyrrole nitrogens is 1. The molecule has 20 heavy (non-hydrogen) atoms. The summed E-state index contributed by atoms with van der Waals surface area (Å²) in [7, 11) is 2.02. The van der Waals surface area contributed by atoms with Gasteiger partial charge in [-0.1, -0.05) is 0 Å². The summed E-state index contributed by atoms with van der Waals surface area (Å²) in [6.45, 7) is 4.09. The summed E-state index contributed by atoms with van der Waals surface area (Å²) in [4.78, 5) is 6.96. The summed E-state index contributed by atoms with van der Waals surface area (Å²) >= 11 is 0. The molecule has 0 spiro atoms. The van der Waals surface area contributed by atoms with E-state index in [0.717, 1.165) is 50.9 Å². The lowest BCUT2D eigenvalue weighted by atomic mass is 9.98. The number of ether oxygens (including phenoxy) is 1. The minimum Gasteiger partial charge on any atom is -0.378 e. The highest BCUT2D eigenvalue weighted by atomic mass is 16.5. The Morgan fingerprint density at radius 3 is 3.15 bits per heavy atom. The van der Waals surface area contributed by atoms with E-state index in [2.05, 4.69) is 25.4 Å². The number of piperidine rings is 1. The van der Waals surface area contributed by atoms with E-state index in [1.807, 2.05) is 7.05 Å². The number of aromatic nitrogens is 3. The van der Waals surface area contributed by atoms with Gasteiger partial charge in [0.2, 0.25) is 5.95 Å². The van der Waals surface area contributed by atoms with Crippen LogP contribution in [-0.4, -0.2) is 54.6 Å². The van der Waals surface area contributed by atoms with Crippen LogP contribution in [0, 0.1) is 5.92 Å². The first-order valence-corrected chi connectivity index (χ1v) is 7.77. The highest BCUT2D eigenvalue weighted by Gasteiger charge is 2.23. The number of rotatable bonds is 5. The van der Waals surface area contributed by atoms with Crippen molar-refractivity contribution in [2.75, 3.05) is 38.2 Å². The lowest BCUT2D eigenvalue weighted by Crippen LogP contribution is -2.39. The van der Waals surface area contributed by atoms with E-state index in [4.69, 9.17) is 4.74 Å². The third kappa shape index (κ3) is 3.30. The van der Waals surface area contributed by atoms with Gasteiger partial charge in [0.05, 0.1) is 6.10 Å². The van der Waals surface area contributed by atoms with Crippen molar-refractivity contribution in [1.82, 2.24) is 20.5 Å². The van der Waals surface area contributed by atoms with E-state index < -0.39 is 0 Å². The van der Waals surface area contributed by atoms with Gasteiger partial charge < -0.3 is 15.0 Å². The zero-order valence-electron chi connectivity index (χ0n) is 12.3. The van der Waals surface area contributed by atoms with Crippen molar-refractivity contribution < 1.29 is 4.74 Å². The standard InChI is InChI=1S/C14H25N5O/c1-15-9-11-4-2-6-19(10-11)14-16-13(17-18-14)8-12-5-3-7-20-12/h11-12,15H,2-10H2,1H3,(H,16,17,18). The molecule has 1 aromatic rings. The molecule has 2 aliphatic heterocycles. The van der Waals surface area contributed by atoms with Gasteiger partial charge >= 0.3 is 0 Å². The predicted molar refractivity (Wildman–Crippen MR) is 77.9 cm³/mol. The quantitative estimate of drug-likeness (QED) is 0.840. The van der Waals surface area contributed by atoms with Gasteiger partial charge in [-0.3, -0.25) is 5.10 Å². The lowest BCUT2D eigenvalue weighted by molar-refractivity contribution is 0.110. The molecule has 0 bridgehead atoms. The molecule has 112 valence electrons. The summed E-state index contributed by atoms with van der Waals surface area (Å²) in [5.41, 5.74) is 0. The molecular formula is C14H25N5O. The van der Waals surface area contributed by atoms with Crippen molar-refractivity contribution in [2.45, 2.75) is 38.2 Å². The van der Waals surface area contributed by atoms with Crippen LogP contribution < -0.4 is 10.2 Å². The first kappa shape index (κ1) is 13.8. The smallest absolute Gasteiger partial charge is 0.244 e. The second-order valence-electron chi connectivity index (χ2n) is 5.93. The van der Waals surface area contributed by atoms with Gasteiger partial charge in [0, 0.05) is 26.1 Å². The van der Waals surface area contributed by atoms with Gasteiger partial charge in [-0.25, -0.2) is 0 Å². The van der Waals surface area contributed by atoms with Crippen LogP contribution in [0.5, 0.6) is 0 Å². The van der Waals surface area contributed by atoms with Crippen molar-refractivity contribution in [3.63, 3.8) is 0 Å². The van der Waals surface area contributed by atoms with Crippen LogP contribution in [-0.2, 0) is 11.2 Å². The molecule has 2 atom stereocenters. The largest absolute Gasteiger partial charge is 0.378 e. The predicted octanol–water partition coefficient (Wildman–Crippen LogP) is 0.962. The molecule has 6 heteroatoms.